The Hall–Kier alpha value is -1.56. The largest absolute Gasteiger partial charge is 0.444 e. The number of rotatable bonds is 1. The zero-order valence-electron chi connectivity index (χ0n) is 14.6. The highest BCUT2D eigenvalue weighted by atomic mass is 79.9. The van der Waals surface area contributed by atoms with E-state index in [9.17, 15) is 4.79 Å². The van der Waals surface area contributed by atoms with Crippen molar-refractivity contribution >= 4 is 32.9 Å². The first-order valence-electron chi connectivity index (χ1n) is 8.37. The Morgan fingerprint density at radius 3 is 2.71 bits per heavy atom. The fourth-order valence-corrected chi connectivity index (χ4v) is 3.80. The molecule has 24 heavy (non-hydrogen) atoms. The summed E-state index contributed by atoms with van der Waals surface area (Å²) in [4.78, 5) is 14.1. The molecule has 130 valence electrons. The van der Waals surface area contributed by atoms with Crippen molar-refractivity contribution in [2.75, 3.05) is 13.1 Å². The number of fused-ring (bicyclic) bond motifs is 1. The van der Waals surface area contributed by atoms with Crippen LogP contribution in [0.1, 0.15) is 40.2 Å². The molecule has 1 amide bonds. The summed E-state index contributed by atoms with van der Waals surface area (Å²) in [6.07, 6.45) is 0.651. The zero-order valence-corrected chi connectivity index (χ0v) is 16.2. The molecule has 2 aromatic rings. The average Bonchev–Trinajstić information content (AvgIpc) is 2.83. The third-order valence-electron chi connectivity index (χ3n) is 4.39. The van der Waals surface area contributed by atoms with Gasteiger partial charge in [0.05, 0.1) is 11.6 Å². The number of likely N-dealkylation sites (tertiary alicyclic amines) is 1. The fraction of sp³-hybridized carbons (Fsp3) is 0.556. The lowest BCUT2D eigenvalue weighted by Crippen LogP contribution is -2.45. The Labute approximate surface area is 151 Å². The topological polar surface area (TPSA) is 47.4 Å². The Morgan fingerprint density at radius 1 is 1.33 bits per heavy atom. The minimum atomic E-state index is -0.458. The Balaban J connectivity index is 1.77. The molecule has 1 aromatic heterocycles. The highest BCUT2D eigenvalue weighted by molar-refractivity contribution is 9.10. The predicted molar refractivity (Wildman–Crippen MR) is 98.1 cm³/mol. The van der Waals surface area contributed by atoms with Crippen molar-refractivity contribution in [1.82, 2.24) is 14.7 Å². The van der Waals surface area contributed by atoms with Gasteiger partial charge in [0.15, 0.2) is 0 Å². The molecule has 6 heteroatoms. The SMILES string of the molecule is C[C@@H]1CN(C(=O)OC(C)(C)C)CC[C@H]1n1nc(Br)c2ccccc21. The van der Waals surface area contributed by atoms with E-state index in [2.05, 4.69) is 39.7 Å². The standard InChI is InChI=1S/C18H24BrN3O2/c1-12-11-21(17(23)24-18(2,3)4)10-9-14(12)22-15-8-6-5-7-13(15)16(19)20-22/h5-8,12,14H,9-11H2,1-4H3/t12-,14-/m1/s1. The molecule has 3 rings (SSSR count). The maximum Gasteiger partial charge on any atom is 0.410 e. The summed E-state index contributed by atoms with van der Waals surface area (Å²) in [5.74, 6) is 0.307. The number of carbonyl (C=O) groups is 1. The van der Waals surface area contributed by atoms with Gasteiger partial charge < -0.3 is 9.64 Å². The Kier molecular flexibility index (Phi) is 4.60. The van der Waals surface area contributed by atoms with Crippen molar-refractivity contribution in [1.29, 1.82) is 0 Å². The molecular formula is C18H24BrN3O2. The summed E-state index contributed by atoms with van der Waals surface area (Å²) in [5, 5.41) is 5.82. The van der Waals surface area contributed by atoms with Gasteiger partial charge in [-0.15, -0.1) is 0 Å². The van der Waals surface area contributed by atoms with Gasteiger partial charge in [0.25, 0.3) is 0 Å². The van der Waals surface area contributed by atoms with E-state index in [1.165, 1.54) is 0 Å². The van der Waals surface area contributed by atoms with E-state index in [0.29, 0.717) is 19.0 Å². The first kappa shape index (κ1) is 17.3. The van der Waals surface area contributed by atoms with Crippen molar-refractivity contribution in [3.63, 3.8) is 0 Å². The van der Waals surface area contributed by atoms with Gasteiger partial charge in [0, 0.05) is 18.5 Å². The van der Waals surface area contributed by atoms with Crippen LogP contribution in [0.5, 0.6) is 0 Å². The smallest absolute Gasteiger partial charge is 0.410 e. The number of nitrogens with zero attached hydrogens (tertiary/aromatic N) is 3. The molecule has 0 N–H and O–H groups in total. The van der Waals surface area contributed by atoms with Gasteiger partial charge in [-0.25, -0.2) is 4.79 Å². The number of ether oxygens (including phenoxy) is 1. The van der Waals surface area contributed by atoms with Gasteiger partial charge >= 0.3 is 6.09 Å². The number of benzene rings is 1. The monoisotopic (exact) mass is 393 g/mol. The maximum atomic E-state index is 12.3. The minimum Gasteiger partial charge on any atom is -0.444 e. The zero-order chi connectivity index (χ0) is 17.5. The van der Waals surface area contributed by atoms with Crippen LogP contribution in [-0.4, -0.2) is 39.5 Å². The van der Waals surface area contributed by atoms with Gasteiger partial charge in [-0.2, -0.15) is 5.10 Å². The lowest BCUT2D eigenvalue weighted by molar-refractivity contribution is 0.0121. The van der Waals surface area contributed by atoms with E-state index in [1.54, 1.807) is 0 Å². The molecular weight excluding hydrogens is 370 g/mol. The van der Waals surface area contributed by atoms with Crippen LogP contribution >= 0.6 is 15.9 Å². The lowest BCUT2D eigenvalue weighted by atomic mass is 9.94. The fourth-order valence-electron chi connectivity index (χ4n) is 3.29. The number of piperidine rings is 1. The van der Waals surface area contributed by atoms with Crippen LogP contribution in [0, 0.1) is 5.92 Å². The van der Waals surface area contributed by atoms with Crippen molar-refractivity contribution in [3.8, 4) is 0 Å². The molecule has 0 radical (unpaired) electrons. The number of amides is 1. The third kappa shape index (κ3) is 3.43. The number of aromatic nitrogens is 2. The molecule has 1 fully saturated rings. The molecule has 0 bridgehead atoms. The molecule has 1 aromatic carbocycles. The molecule has 5 nitrogen and oxygen atoms in total. The van der Waals surface area contributed by atoms with Crippen LogP contribution < -0.4 is 0 Å². The number of hydrogen-bond donors (Lipinski definition) is 0. The van der Waals surface area contributed by atoms with E-state index < -0.39 is 5.60 Å². The first-order chi connectivity index (χ1) is 11.3. The van der Waals surface area contributed by atoms with E-state index >= 15 is 0 Å². The molecule has 0 spiro atoms. The second-order valence-corrected chi connectivity index (χ2v) is 8.26. The van der Waals surface area contributed by atoms with E-state index in [0.717, 1.165) is 21.9 Å². The Bertz CT molecular complexity index is 750. The van der Waals surface area contributed by atoms with Crippen LogP contribution in [0.15, 0.2) is 28.9 Å². The van der Waals surface area contributed by atoms with E-state index in [-0.39, 0.29) is 12.1 Å². The van der Waals surface area contributed by atoms with Gasteiger partial charge in [-0.3, -0.25) is 4.68 Å². The van der Waals surface area contributed by atoms with Crippen LogP contribution in [0.4, 0.5) is 4.79 Å². The number of halogens is 1. The normalized spacial score (nSPS) is 22.0. The van der Waals surface area contributed by atoms with Crippen molar-refractivity contribution in [3.05, 3.63) is 28.9 Å². The van der Waals surface area contributed by atoms with Crippen LogP contribution in [0.2, 0.25) is 0 Å². The number of para-hydroxylation sites is 1. The Morgan fingerprint density at radius 2 is 2.04 bits per heavy atom. The van der Waals surface area contributed by atoms with Gasteiger partial charge in [-0.1, -0.05) is 25.1 Å². The second kappa shape index (κ2) is 6.39. The average molecular weight is 394 g/mol. The third-order valence-corrected chi connectivity index (χ3v) is 4.98. The molecule has 0 saturated carbocycles. The molecule has 2 atom stereocenters. The summed E-state index contributed by atoms with van der Waals surface area (Å²) in [6.45, 7) is 9.24. The van der Waals surface area contributed by atoms with Gasteiger partial charge in [0.1, 0.15) is 10.2 Å². The highest BCUT2D eigenvalue weighted by Gasteiger charge is 2.33. The molecule has 0 unspecified atom stereocenters. The minimum absolute atomic E-state index is 0.223. The van der Waals surface area contributed by atoms with Crippen molar-refractivity contribution in [2.24, 2.45) is 5.92 Å². The first-order valence-corrected chi connectivity index (χ1v) is 9.16. The van der Waals surface area contributed by atoms with E-state index in [4.69, 9.17) is 9.84 Å². The maximum absolute atomic E-state index is 12.3. The summed E-state index contributed by atoms with van der Waals surface area (Å²) in [7, 11) is 0. The summed E-state index contributed by atoms with van der Waals surface area (Å²) >= 11 is 3.56. The van der Waals surface area contributed by atoms with Crippen LogP contribution in [-0.2, 0) is 4.74 Å². The number of hydrogen-bond acceptors (Lipinski definition) is 3. The second-order valence-electron chi connectivity index (χ2n) is 7.51. The summed E-state index contributed by atoms with van der Waals surface area (Å²) < 4.78 is 8.48. The summed E-state index contributed by atoms with van der Waals surface area (Å²) in [6, 6.07) is 8.50. The lowest BCUT2D eigenvalue weighted by Gasteiger charge is -2.37. The molecule has 2 heterocycles. The molecule has 1 aliphatic heterocycles. The summed E-state index contributed by atoms with van der Waals surface area (Å²) in [5.41, 5.74) is 0.673. The quantitative estimate of drug-likeness (QED) is 0.709. The van der Waals surface area contributed by atoms with Crippen LogP contribution in [0.3, 0.4) is 0 Å². The van der Waals surface area contributed by atoms with Gasteiger partial charge in [-0.05, 0) is 55.1 Å². The molecule has 1 saturated heterocycles. The number of carbonyl (C=O) groups excluding carboxylic acids is 1. The molecule has 0 aliphatic carbocycles. The van der Waals surface area contributed by atoms with Crippen molar-refractivity contribution < 1.29 is 9.53 Å². The van der Waals surface area contributed by atoms with Gasteiger partial charge in [0.2, 0.25) is 0 Å². The highest BCUT2D eigenvalue weighted by Crippen LogP contribution is 2.33. The van der Waals surface area contributed by atoms with Crippen molar-refractivity contribution in [2.45, 2.75) is 45.8 Å². The van der Waals surface area contributed by atoms with Crippen LogP contribution in [0.25, 0.3) is 10.9 Å². The van der Waals surface area contributed by atoms with E-state index in [1.807, 2.05) is 37.8 Å². The molecule has 1 aliphatic rings. The predicted octanol–water partition coefficient (Wildman–Crippen LogP) is 4.62.